The van der Waals surface area contributed by atoms with Crippen molar-refractivity contribution in [2.45, 2.75) is 277 Å². The van der Waals surface area contributed by atoms with Crippen LogP contribution in [0, 0.1) is 0 Å². The van der Waals surface area contributed by atoms with Crippen molar-refractivity contribution in [2.24, 2.45) is 0 Å². The average Bonchev–Trinajstić information content (AvgIpc) is 3.40. The first-order chi connectivity index (χ1) is 38.0. The van der Waals surface area contributed by atoms with E-state index in [2.05, 4.69) is 111 Å². The second-order valence-electron chi connectivity index (χ2n) is 22.4. The zero-order chi connectivity index (χ0) is 57.0. The molecule has 0 spiro atoms. The monoisotopic (exact) mass is 1110 g/mol. The van der Waals surface area contributed by atoms with Crippen molar-refractivity contribution in [3.05, 3.63) is 97.2 Å². The minimum absolute atomic E-state index is 0.0284. The molecule has 0 saturated heterocycles. The van der Waals surface area contributed by atoms with E-state index in [1.807, 2.05) is 21.1 Å². The van der Waals surface area contributed by atoms with Gasteiger partial charge in [0.15, 0.2) is 6.10 Å². The lowest BCUT2D eigenvalue weighted by Gasteiger charge is -2.24. The molecule has 0 rings (SSSR count). The number of carbonyl (C=O) groups is 2. The summed E-state index contributed by atoms with van der Waals surface area (Å²) in [4.78, 5) is 35.8. The number of esters is 2. The topological polar surface area (TPSA) is 108 Å². The molecule has 0 aromatic heterocycles. The van der Waals surface area contributed by atoms with Crippen LogP contribution in [0.5, 0.6) is 0 Å². The Morgan fingerprint density at radius 2 is 0.692 bits per heavy atom. The van der Waals surface area contributed by atoms with E-state index in [1.165, 1.54) is 148 Å². The summed E-state index contributed by atoms with van der Waals surface area (Å²) >= 11 is 0. The Bertz CT molecular complexity index is 1640. The molecule has 0 bridgehead atoms. The molecule has 0 aliphatic heterocycles. The predicted molar refractivity (Wildman–Crippen MR) is 335 cm³/mol. The van der Waals surface area contributed by atoms with Crippen molar-refractivity contribution in [3.63, 3.8) is 0 Å². The number of hydrogen-bond acceptors (Lipinski definition) is 7. The average molecular weight is 1110 g/mol. The lowest BCUT2D eigenvalue weighted by atomic mass is 10.0. The van der Waals surface area contributed by atoms with Crippen molar-refractivity contribution in [1.29, 1.82) is 0 Å². The van der Waals surface area contributed by atoms with Crippen LogP contribution in [-0.2, 0) is 32.7 Å². The zero-order valence-corrected chi connectivity index (χ0v) is 52.0. The van der Waals surface area contributed by atoms with Gasteiger partial charge in [0, 0.05) is 12.8 Å². The summed E-state index contributed by atoms with van der Waals surface area (Å²) in [6.07, 6.45) is 80.6. The van der Waals surface area contributed by atoms with E-state index in [0.717, 1.165) is 89.9 Å². The maximum atomic E-state index is 12.9. The summed E-state index contributed by atoms with van der Waals surface area (Å²) in [7, 11) is 1.47. The highest BCUT2D eigenvalue weighted by Crippen LogP contribution is 2.43. The summed E-state index contributed by atoms with van der Waals surface area (Å²) < 4.78 is 34.7. The summed E-state index contributed by atoms with van der Waals surface area (Å²) in [5.41, 5.74) is 0. The fourth-order valence-corrected chi connectivity index (χ4v) is 9.51. The minimum Gasteiger partial charge on any atom is -0.462 e. The first-order valence-corrected chi connectivity index (χ1v) is 33.5. The summed E-state index contributed by atoms with van der Waals surface area (Å²) in [6, 6.07) is 0. The Morgan fingerprint density at radius 1 is 0.397 bits per heavy atom. The fourth-order valence-electron chi connectivity index (χ4n) is 8.76. The number of hydrogen-bond donors (Lipinski definition) is 1. The van der Waals surface area contributed by atoms with Crippen LogP contribution < -0.4 is 0 Å². The first-order valence-electron chi connectivity index (χ1n) is 32.0. The molecule has 0 amide bonds. The predicted octanol–water partition coefficient (Wildman–Crippen LogP) is 20.4. The number of phosphoric ester groups is 1. The summed E-state index contributed by atoms with van der Waals surface area (Å²) in [5, 5.41) is 0. The number of quaternary nitrogens is 1. The second-order valence-corrected chi connectivity index (χ2v) is 23.8. The largest absolute Gasteiger partial charge is 0.472 e. The third-order valence-electron chi connectivity index (χ3n) is 13.6. The van der Waals surface area contributed by atoms with Gasteiger partial charge in [0.05, 0.1) is 27.7 Å². The summed E-state index contributed by atoms with van der Waals surface area (Å²) in [6.45, 7) is 4.23. The van der Waals surface area contributed by atoms with E-state index >= 15 is 0 Å². The van der Waals surface area contributed by atoms with Crippen LogP contribution in [-0.4, -0.2) is 74.9 Å². The SMILES string of the molecule is CC/C=C\C/C=C\C/C=C\C/C=C\CCCCCCCCCCCCCCCCCCCCC(=O)OC(COC(=O)CCCCCCCCCCCC/C=C\C/C=C\C/C=C\C/C=C\CC)COP(=O)(O)OCC[N+](C)(C)C. The van der Waals surface area contributed by atoms with Crippen molar-refractivity contribution in [3.8, 4) is 0 Å². The Balaban J connectivity index is 4.08. The van der Waals surface area contributed by atoms with Gasteiger partial charge in [0.1, 0.15) is 19.8 Å². The number of nitrogens with zero attached hydrogens (tertiary/aromatic N) is 1. The molecule has 10 heteroatoms. The van der Waals surface area contributed by atoms with Crippen molar-refractivity contribution < 1.29 is 42.1 Å². The Hall–Kier alpha value is -3.07. The second kappa shape index (κ2) is 58.6. The highest BCUT2D eigenvalue weighted by Gasteiger charge is 2.27. The molecule has 0 aromatic rings. The van der Waals surface area contributed by atoms with Gasteiger partial charge in [-0.1, -0.05) is 265 Å². The highest BCUT2D eigenvalue weighted by molar-refractivity contribution is 7.47. The number of unbranched alkanes of at least 4 members (excludes halogenated alkanes) is 28. The molecule has 0 fully saturated rings. The molecular weight excluding hydrogens is 990 g/mol. The molecule has 450 valence electrons. The van der Waals surface area contributed by atoms with E-state index in [4.69, 9.17) is 18.5 Å². The Kier molecular flexibility index (Phi) is 56.3. The van der Waals surface area contributed by atoms with E-state index < -0.39 is 26.5 Å². The van der Waals surface area contributed by atoms with Crippen molar-refractivity contribution in [2.75, 3.05) is 47.5 Å². The molecule has 2 atom stereocenters. The van der Waals surface area contributed by atoms with Crippen LogP contribution in [0.15, 0.2) is 97.2 Å². The molecule has 78 heavy (non-hydrogen) atoms. The Labute approximate surface area is 481 Å². The molecule has 0 radical (unpaired) electrons. The number of phosphoric acid groups is 1. The van der Waals surface area contributed by atoms with Crippen LogP contribution in [0.4, 0.5) is 0 Å². The van der Waals surface area contributed by atoms with Gasteiger partial charge in [0.25, 0.3) is 0 Å². The lowest BCUT2D eigenvalue weighted by Crippen LogP contribution is -2.37. The van der Waals surface area contributed by atoms with E-state index in [0.29, 0.717) is 17.4 Å². The van der Waals surface area contributed by atoms with E-state index in [-0.39, 0.29) is 32.0 Å². The number of ether oxygens (including phenoxy) is 2. The Morgan fingerprint density at radius 3 is 1.03 bits per heavy atom. The van der Waals surface area contributed by atoms with Crippen LogP contribution >= 0.6 is 7.82 Å². The number of allylic oxidation sites excluding steroid dienone is 16. The van der Waals surface area contributed by atoms with E-state index in [1.54, 1.807) is 0 Å². The standard InChI is InChI=1S/C68H120NO8P/c1-6-8-10-12-14-16-18-20-22-24-26-28-30-31-32-33-34-35-36-37-39-41-43-45-47-49-51-53-55-57-59-61-68(71)77-66(65-76-78(72,73)75-63-62-69(3,4)5)64-74-67(70)60-58-56-54-52-50-48-46-44-42-40-38-29-27-25-23-21-19-17-15-13-11-9-7-2/h8-11,14-17,20-23,26-29,66H,6-7,12-13,18-19,24-25,30-65H2,1-5H3/p+1/b10-8-,11-9-,16-14-,17-15-,22-20-,23-21-,28-26-,29-27-. The number of likely N-dealkylation sites (N-methyl/N-ethyl adjacent to an activating group) is 1. The third kappa shape index (κ3) is 62.1. The molecular formula is C68H121NO8P+. The molecule has 2 unspecified atom stereocenters. The van der Waals surface area contributed by atoms with E-state index in [9.17, 15) is 19.0 Å². The van der Waals surface area contributed by atoms with Crippen LogP contribution in [0.25, 0.3) is 0 Å². The molecule has 0 aliphatic carbocycles. The summed E-state index contributed by atoms with van der Waals surface area (Å²) in [5.74, 6) is -0.797. The van der Waals surface area contributed by atoms with Gasteiger partial charge < -0.3 is 18.9 Å². The molecule has 0 aromatic carbocycles. The van der Waals surface area contributed by atoms with Crippen molar-refractivity contribution >= 4 is 19.8 Å². The number of rotatable bonds is 58. The normalized spacial score (nSPS) is 13.9. The molecule has 0 heterocycles. The highest BCUT2D eigenvalue weighted by atomic mass is 31.2. The van der Waals surface area contributed by atoms with Crippen molar-refractivity contribution in [1.82, 2.24) is 0 Å². The number of carbonyl (C=O) groups excluding carboxylic acids is 2. The lowest BCUT2D eigenvalue weighted by molar-refractivity contribution is -0.870. The molecule has 9 nitrogen and oxygen atoms in total. The van der Waals surface area contributed by atoms with Gasteiger partial charge in [-0.3, -0.25) is 18.6 Å². The van der Waals surface area contributed by atoms with Crippen LogP contribution in [0.3, 0.4) is 0 Å². The van der Waals surface area contributed by atoms with Gasteiger partial charge in [-0.15, -0.1) is 0 Å². The molecule has 0 saturated carbocycles. The van der Waals surface area contributed by atoms with Gasteiger partial charge in [-0.2, -0.15) is 0 Å². The fraction of sp³-hybridized carbons (Fsp3) is 0.735. The quantitative estimate of drug-likeness (QED) is 0.0211. The van der Waals surface area contributed by atoms with Gasteiger partial charge in [-0.05, 0) is 89.9 Å². The molecule has 0 aliphatic rings. The maximum Gasteiger partial charge on any atom is 0.472 e. The minimum atomic E-state index is -4.39. The first kappa shape index (κ1) is 74.9. The molecule has 1 N–H and O–H groups in total. The maximum absolute atomic E-state index is 12.9. The van der Waals surface area contributed by atoms with Gasteiger partial charge >= 0.3 is 19.8 Å². The van der Waals surface area contributed by atoms with Gasteiger partial charge in [0.2, 0.25) is 0 Å². The van der Waals surface area contributed by atoms with Crippen LogP contribution in [0.2, 0.25) is 0 Å². The third-order valence-corrected chi connectivity index (χ3v) is 14.6. The van der Waals surface area contributed by atoms with Gasteiger partial charge in [-0.25, -0.2) is 4.57 Å². The van der Waals surface area contributed by atoms with Crippen LogP contribution in [0.1, 0.15) is 271 Å². The smallest absolute Gasteiger partial charge is 0.462 e. The zero-order valence-electron chi connectivity index (χ0n) is 51.1.